The zero-order chi connectivity index (χ0) is 19.5. The topological polar surface area (TPSA) is 41.4 Å². The van der Waals surface area contributed by atoms with E-state index >= 15 is 0 Å². The van der Waals surface area contributed by atoms with E-state index in [4.69, 9.17) is 11.6 Å². The van der Waals surface area contributed by atoms with Crippen LogP contribution in [0.1, 0.15) is 17.8 Å². The standard InChI is InChI=1S/C21H23ClN4OS/c1-16(26-8-7-23-15-26)21(27)25-11-9-24(10-12-25)14-19-5-6-20(28-19)17-3-2-4-18(22)13-17/h2-8,13,15-16H,9-12,14H2,1H3. The lowest BCUT2D eigenvalue weighted by atomic mass is 10.2. The van der Waals surface area contributed by atoms with E-state index in [1.807, 2.05) is 52.1 Å². The minimum atomic E-state index is -0.202. The molecule has 0 radical (unpaired) electrons. The summed E-state index contributed by atoms with van der Waals surface area (Å²) in [5.41, 5.74) is 1.16. The molecular formula is C21H23ClN4OS. The Labute approximate surface area is 174 Å². The van der Waals surface area contributed by atoms with Crippen molar-refractivity contribution in [3.05, 3.63) is 65.0 Å². The van der Waals surface area contributed by atoms with Gasteiger partial charge >= 0.3 is 0 Å². The van der Waals surface area contributed by atoms with Gasteiger partial charge in [0.25, 0.3) is 0 Å². The third-order valence-corrected chi connectivity index (χ3v) is 6.52. The Balaban J connectivity index is 1.32. The average Bonchev–Trinajstić information content (AvgIpc) is 3.40. The fourth-order valence-corrected chi connectivity index (χ4v) is 4.73. The molecule has 0 bridgehead atoms. The Morgan fingerprint density at radius 1 is 1.21 bits per heavy atom. The van der Waals surface area contributed by atoms with E-state index in [2.05, 4.69) is 28.1 Å². The Morgan fingerprint density at radius 2 is 2.04 bits per heavy atom. The normalized spacial score (nSPS) is 16.3. The molecule has 7 heteroatoms. The number of piperazine rings is 1. The zero-order valence-corrected chi connectivity index (χ0v) is 17.4. The number of nitrogens with zero attached hydrogens (tertiary/aromatic N) is 4. The number of halogens is 1. The summed E-state index contributed by atoms with van der Waals surface area (Å²) in [6.07, 6.45) is 5.25. The van der Waals surface area contributed by atoms with Gasteiger partial charge in [-0.3, -0.25) is 9.69 Å². The van der Waals surface area contributed by atoms with Crippen LogP contribution in [0, 0.1) is 0 Å². The van der Waals surface area contributed by atoms with Crippen LogP contribution >= 0.6 is 22.9 Å². The molecule has 1 aliphatic heterocycles. The number of carbonyl (C=O) groups is 1. The number of hydrogen-bond acceptors (Lipinski definition) is 4. The Kier molecular flexibility index (Phi) is 5.80. The molecule has 0 saturated carbocycles. The second-order valence-electron chi connectivity index (χ2n) is 7.06. The van der Waals surface area contributed by atoms with Gasteiger partial charge in [0, 0.05) is 59.9 Å². The van der Waals surface area contributed by atoms with E-state index in [0.717, 1.165) is 43.3 Å². The van der Waals surface area contributed by atoms with Crippen molar-refractivity contribution >= 4 is 28.8 Å². The maximum absolute atomic E-state index is 12.7. The number of imidazole rings is 1. The first-order valence-electron chi connectivity index (χ1n) is 9.43. The quantitative estimate of drug-likeness (QED) is 0.629. The molecular weight excluding hydrogens is 392 g/mol. The maximum Gasteiger partial charge on any atom is 0.245 e. The van der Waals surface area contributed by atoms with E-state index in [0.29, 0.717) is 0 Å². The van der Waals surface area contributed by atoms with Gasteiger partial charge in [-0.1, -0.05) is 23.7 Å². The zero-order valence-electron chi connectivity index (χ0n) is 15.8. The van der Waals surface area contributed by atoms with Crippen LogP contribution in [0.15, 0.2) is 55.1 Å². The van der Waals surface area contributed by atoms with Crippen molar-refractivity contribution in [2.75, 3.05) is 26.2 Å². The van der Waals surface area contributed by atoms with Gasteiger partial charge in [0.05, 0.1) is 6.33 Å². The Hall–Kier alpha value is -2.15. The molecule has 4 rings (SSSR count). The van der Waals surface area contributed by atoms with Crippen LogP contribution < -0.4 is 0 Å². The van der Waals surface area contributed by atoms with E-state index < -0.39 is 0 Å². The van der Waals surface area contributed by atoms with Crippen LogP contribution in [-0.2, 0) is 11.3 Å². The van der Waals surface area contributed by atoms with Crippen LogP contribution in [-0.4, -0.2) is 51.4 Å². The van der Waals surface area contributed by atoms with Gasteiger partial charge in [-0.2, -0.15) is 0 Å². The highest BCUT2D eigenvalue weighted by Crippen LogP contribution is 2.30. The van der Waals surface area contributed by atoms with Crippen LogP contribution in [0.4, 0.5) is 0 Å². The predicted molar refractivity (Wildman–Crippen MR) is 114 cm³/mol. The molecule has 0 spiro atoms. The summed E-state index contributed by atoms with van der Waals surface area (Å²) in [4.78, 5) is 23.7. The molecule has 146 valence electrons. The lowest BCUT2D eigenvalue weighted by Crippen LogP contribution is -2.49. The summed E-state index contributed by atoms with van der Waals surface area (Å²) in [7, 11) is 0. The molecule has 1 unspecified atom stereocenters. The number of carbonyl (C=O) groups excluding carboxylic acids is 1. The van der Waals surface area contributed by atoms with E-state index in [-0.39, 0.29) is 11.9 Å². The number of thiophene rings is 1. The number of aromatic nitrogens is 2. The third-order valence-electron chi connectivity index (χ3n) is 5.16. The number of rotatable bonds is 5. The molecule has 1 amide bonds. The predicted octanol–water partition coefficient (Wildman–Crippen LogP) is 4.17. The summed E-state index contributed by atoms with van der Waals surface area (Å²) in [6, 6.07) is 12.1. The van der Waals surface area contributed by atoms with Crippen LogP contribution in [0.5, 0.6) is 0 Å². The summed E-state index contributed by atoms with van der Waals surface area (Å²) in [5.74, 6) is 0.164. The van der Waals surface area contributed by atoms with Gasteiger partial charge in [0.2, 0.25) is 5.91 Å². The second-order valence-corrected chi connectivity index (χ2v) is 8.67. The monoisotopic (exact) mass is 414 g/mol. The summed E-state index contributed by atoms with van der Waals surface area (Å²) in [6.45, 7) is 6.18. The van der Waals surface area contributed by atoms with Gasteiger partial charge in [-0.15, -0.1) is 11.3 Å². The van der Waals surface area contributed by atoms with Gasteiger partial charge in [-0.05, 0) is 36.8 Å². The molecule has 2 aromatic heterocycles. The molecule has 1 fully saturated rings. The first-order chi connectivity index (χ1) is 13.6. The maximum atomic E-state index is 12.7. The number of benzene rings is 1. The number of hydrogen-bond donors (Lipinski definition) is 0. The molecule has 1 atom stereocenters. The fourth-order valence-electron chi connectivity index (χ4n) is 3.50. The van der Waals surface area contributed by atoms with Crippen molar-refractivity contribution in [3.8, 4) is 10.4 Å². The van der Waals surface area contributed by atoms with E-state index in [1.54, 1.807) is 12.5 Å². The van der Waals surface area contributed by atoms with Gasteiger partial charge < -0.3 is 9.47 Å². The highest BCUT2D eigenvalue weighted by molar-refractivity contribution is 7.15. The average molecular weight is 415 g/mol. The summed E-state index contributed by atoms with van der Waals surface area (Å²) >= 11 is 7.92. The van der Waals surface area contributed by atoms with Crippen LogP contribution in [0.2, 0.25) is 5.02 Å². The van der Waals surface area contributed by atoms with Crippen molar-refractivity contribution in [2.45, 2.75) is 19.5 Å². The van der Waals surface area contributed by atoms with Crippen LogP contribution in [0.25, 0.3) is 10.4 Å². The molecule has 1 saturated heterocycles. The van der Waals surface area contributed by atoms with Gasteiger partial charge in [-0.25, -0.2) is 4.98 Å². The number of amides is 1. The first-order valence-corrected chi connectivity index (χ1v) is 10.6. The van der Waals surface area contributed by atoms with Crippen molar-refractivity contribution in [2.24, 2.45) is 0 Å². The van der Waals surface area contributed by atoms with Crippen molar-refractivity contribution in [3.63, 3.8) is 0 Å². The van der Waals surface area contributed by atoms with Crippen molar-refractivity contribution in [1.82, 2.24) is 19.4 Å². The lowest BCUT2D eigenvalue weighted by molar-refractivity contribution is -0.136. The molecule has 0 N–H and O–H groups in total. The highest BCUT2D eigenvalue weighted by atomic mass is 35.5. The lowest BCUT2D eigenvalue weighted by Gasteiger charge is -2.35. The van der Waals surface area contributed by atoms with E-state index in [1.165, 1.54) is 9.75 Å². The van der Waals surface area contributed by atoms with Gasteiger partial charge in [0.15, 0.2) is 0 Å². The molecule has 3 aromatic rings. The third kappa shape index (κ3) is 4.29. The molecule has 5 nitrogen and oxygen atoms in total. The second kappa shape index (κ2) is 8.47. The van der Waals surface area contributed by atoms with Crippen molar-refractivity contribution in [1.29, 1.82) is 0 Å². The minimum absolute atomic E-state index is 0.164. The highest BCUT2D eigenvalue weighted by Gasteiger charge is 2.25. The molecule has 3 heterocycles. The van der Waals surface area contributed by atoms with Crippen LogP contribution in [0.3, 0.4) is 0 Å². The molecule has 28 heavy (non-hydrogen) atoms. The SMILES string of the molecule is CC(C(=O)N1CCN(Cc2ccc(-c3cccc(Cl)c3)s2)CC1)n1ccnc1. The van der Waals surface area contributed by atoms with Gasteiger partial charge in [0.1, 0.15) is 6.04 Å². The Bertz CT molecular complexity index is 932. The molecule has 1 aromatic carbocycles. The van der Waals surface area contributed by atoms with E-state index in [9.17, 15) is 4.79 Å². The molecule has 1 aliphatic rings. The fraction of sp³-hybridized carbons (Fsp3) is 0.333. The summed E-state index contributed by atoms with van der Waals surface area (Å²) < 4.78 is 1.86. The minimum Gasteiger partial charge on any atom is -0.338 e. The molecule has 0 aliphatic carbocycles. The van der Waals surface area contributed by atoms with Crippen molar-refractivity contribution < 1.29 is 4.79 Å². The largest absolute Gasteiger partial charge is 0.338 e. The smallest absolute Gasteiger partial charge is 0.245 e. The first kappa shape index (κ1) is 19.2. The summed E-state index contributed by atoms with van der Waals surface area (Å²) in [5, 5.41) is 0.762. The Morgan fingerprint density at radius 3 is 2.75 bits per heavy atom.